The molecule has 2 heterocycles. The maximum Gasteiger partial charge on any atom is 0.420 e. The van der Waals surface area contributed by atoms with Crippen LogP contribution in [0.1, 0.15) is 38.5 Å². The van der Waals surface area contributed by atoms with E-state index in [0.29, 0.717) is 12.1 Å². The van der Waals surface area contributed by atoms with Crippen molar-refractivity contribution in [2.24, 2.45) is 0 Å². The standard InChI is InChI=1S/C16H18INO3/c17-11-3-4-13-14(9-11)20-15(19)18(13)10-12-5-8-16(21-12)6-1-2-7-16/h3-4,9,12H,1-2,5-8,10H2. The van der Waals surface area contributed by atoms with Crippen LogP contribution in [-0.4, -0.2) is 16.3 Å². The van der Waals surface area contributed by atoms with Crippen LogP contribution in [0.15, 0.2) is 27.4 Å². The van der Waals surface area contributed by atoms with Crippen molar-refractivity contribution in [3.63, 3.8) is 0 Å². The first-order chi connectivity index (χ1) is 10.2. The van der Waals surface area contributed by atoms with Gasteiger partial charge in [0.25, 0.3) is 0 Å². The number of hydrogen-bond acceptors (Lipinski definition) is 3. The van der Waals surface area contributed by atoms with E-state index in [1.807, 2.05) is 18.2 Å². The van der Waals surface area contributed by atoms with Crippen molar-refractivity contribution in [3.05, 3.63) is 32.3 Å². The topological polar surface area (TPSA) is 44.4 Å². The summed E-state index contributed by atoms with van der Waals surface area (Å²) in [5.41, 5.74) is 1.65. The van der Waals surface area contributed by atoms with E-state index in [4.69, 9.17) is 9.15 Å². The van der Waals surface area contributed by atoms with E-state index >= 15 is 0 Å². The molecule has 1 saturated carbocycles. The number of halogens is 1. The third-order valence-electron chi connectivity index (χ3n) is 4.87. The molecule has 1 saturated heterocycles. The van der Waals surface area contributed by atoms with Crippen molar-refractivity contribution < 1.29 is 9.15 Å². The highest BCUT2D eigenvalue weighted by Gasteiger charge is 2.42. The molecule has 0 amide bonds. The van der Waals surface area contributed by atoms with Crippen LogP contribution in [0.4, 0.5) is 0 Å². The van der Waals surface area contributed by atoms with Crippen LogP contribution in [0.2, 0.25) is 0 Å². The van der Waals surface area contributed by atoms with Crippen LogP contribution in [0, 0.1) is 3.57 Å². The van der Waals surface area contributed by atoms with Crippen molar-refractivity contribution in [3.8, 4) is 0 Å². The molecule has 112 valence electrons. The minimum absolute atomic E-state index is 0.114. The summed E-state index contributed by atoms with van der Waals surface area (Å²) < 4.78 is 14.5. The quantitative estimate of drug-likeness (QED) is 0.724. The smallest absolute Gasteiger partial charge is 0.408 e. The number of nitrogens with zero attached hydrogens (tertiary/aromatic N) is 1. The predicted octanol–water partition coefficient (Wildman–Crippen LogP) is 3.69. The monoisotopic (exact) mass is 399 g/mol. The van der Waals surface area contributed by atoms with Crippen molar-refractivity contribution in [1.82, 2.24) is 4.57 Å². The summed E-state index contributed by atoms with van der Waals surface area (Å²) in [4.78, 5) is 12.1. The molecule has 4 rings (SSSR count). The minimum atomic E-state index is -0.275. The number of aromatic nitrogens is 1. The number of ether oxygens (including phenoxy) is 1. The Bertz CT molecular complexity index is 727. The molecule has 1 aliphatic carbocycles. The fourth-order valence-electron chi connectivity index (χ4n) is 3.83. The van der Waals surface area contributed by atoms with Gasteiger partial charge in [-0.1, -0.05) is 12.8 Å². The lowest BCUT2D eigenvalue weighted by Gasteiger charge is -2.23. The average Bonchev–Trinajstić information content (AvgIpc) is 3.14. The predicted molar refractivity (Wildman–Crippen MR) is 88.5 cm³/mol. The van der Waals surface area contributed by atoms with Crippen molar-refractivity contribution in [2.45, 2.75) is 56.8 Å². The van der Waals surface area contributed by atoms with E-state index < -0.39 is 0 Å². The van der Waals surface area contributed by atoms with E-state index in [-0.39, 0.29) is 17.5 Å². The molecular weight excluding hydrogens is 381 g/mol. The normalized spacial score (nSPS) is 24.3. The van der Waals surface area contributed by atoms with Crippen LogP contribution >= 0.6 is 22.6 Å². The van der Waals surface area contributed by atoms with Gasteiger partial charge in [0, 0.05) is 3.57 Å². The van der Waals surface area contributed by atoms with Crippen LogP contribution < -0.4 is 5.76 Å². The van der Waals surface area contributed by atoms with Gasteiger partial charge in [-0.2, -0.15) is 0 Å². The van der Waals surface area contributed by atoms with E-state index in [2.05, 4.69) is 22.6 Å². The molecule has 1 aromatic carbocycles. The van der Waals surface area contributed by atoms with Gasteiger partial charge in [-0.15, -0.1) is 0 Å². The lowest BCUT2D eigenvalue weighted by atomic mass is 9.98. The Morgan fingerprint density at radius 1 is 1.29 bits per heavy atom. The maximum atomic E-state index is 12.1. The molecular formula is C16H18INO3. The first-order valence-electron chi connectivity index (χ1n) is 7.62. The molecule has 2 fully saturated rings. The first kappa shape index (κ1) is 13.8. The van der Waals surface area contributed by atoms with Gasteiger partial charge >= 0.3 is 5.76 Å². The van der Waals surface area contributed by atoms with Gasteiger partial charge in [0.2, 0.25) is 0 Å². The highest BCUT2D eigenvalue weighted by atomic mass is 127. The third kappa shape index (κ3) is 2.44. The molecule has 1 atom stereocenters. The average molecular weight is 399 g/mol. The molecule has 4 nitrogen and oxygen atoms in total. The molecule has 0 bridgehead atoms. The summed E-state index contributed by atoms with van der Waals surface area (Å²) in [6.07, 6.45) is 7.25. The minimum Gasteiger partial charge on any atom is -0.408 e. The van der Waals surface area contributed by atoms with Gasteiger partial charge in [-0.3, -0.25) is 4.57 Å². The Morgan fingerprint density at radius 2 is 2.10 bits per heavy atom. The molecule has 0 N–H and O–H groups in total. The van der Waals surface area contributed by atoms with Crippen LogP contribution in [0.25, 0.3) is 11.1 Å². The highest BCUT2D eigenvalue weighted by Crippen LogP contribution is 2.43. The zero-order valence-corrected chi connectivity index (χ0v) is 14.0. The van der Waals surface area contributed by atoms with Gasteiger partial charge in [0.15, 0.2) is 5.58 Å². The van der Waals surface area contributed by atoms with Crippen LogP contribution in [0.3, 0.4) is 0 Å². The van der Waals surface area contributed by atoms with Crippen LogP contribution in [-0.2, 0) is 11.3 Å². The summed E-state index contributed by atoms with van der Waals surface area (Å²) in [6.45, 7) is 0.605. The third-order valence-corrected chi connectivity index (χ3v) is 5.54. The van der Waals surface area contributed by atoms with E-state index in [1.54, 1.807) is 4.57 Å². The summed E-state index contributed by atoms with van der Waals surface area (Å²) in [5.74, 6) is -0.275. The number of benzene rings is 1. The highest BCUT2D eigenvalue weighted by molar-refractivity contribution is 14.1. The molecule has 1 unspecified atom stereocenters. The zero-order valence-electron chi connectivity index (χ0n) is 11.8. The summed E-state index contributed by atoms with van der Waals surface area (Å²) in [6, 6.07) is 5.87. The Morgan fingerprint density at radius 3 is 2.90 bits per heavy atom. The first-order valence-corrected chi connectivity index (χ1v) is 8.70. The van der Waals surface area contributed by atoms with Gasteiger partial charge in [0.1, 0.15) is 0 Å². The molecule has 2 aromatic rings. The number of hydrogen-bond donors (Lipinski definition) is 0. The second-order valence-corrected chi connectivity index (χ2v) is 7.50. The Labute approximate surface area is 136 Å². The largest absolute Gasteiger partial charge is 0.420 e. The lowest BCUT2D eigenvalue weighted by molar-refractivity contribution is -0.0420. The van der Waals surface area contributed by atoms with Crippen LogP contribution in [0.5, 0.6) is 0 Å². The second-order valence-electron chi connectivity index (χ2n) is 6.26. The summed E-state index contributed by atoms with van der Waals surface area (Å²) >= 11 is 2.22. The lowest BCUT2D eigenvalue weighted by Crippen LogP contribution is -2.28. The molecule has 2 aliphatic rings. The number of rotatable bonds is 2. The fraction of sp³-hybridized carbons (Fsp3) is 0.562. The molecule has 21 heavy (non-hydrogen) atoms. The van der Waals surface area contributed by atoms with Gasteiger partial charge < -0.3 is 9.15 Å². The van der Waals surface area contributed by atoms with Gasteiger partial charge in [-0.25, -0.2) is 4.79 Å². The zero-order chi connectivity index (χ0) is 14.4. The summed E-state index contributed by atoms with van der Waals surface area (Å²) in [5, 5.41) is 0. The molecule has 1 aliphatic heterocycles. The Hall–Kier alpha value is -0.820. The molecule has 1 aromatic heterocycles. The fourth-order valence-corrected chi connectivity index (χ4v) is 4.29. The molecule has 1 spiro atoms. The van der Waals surface area contributed by atoms with Crippen molar-refractivity contribution in [1.29, 1.82) is 0 Å². The second kappa shape index (κ2) is 5.12. The Balaban J connectivity index is 1.60. The maximum absolute atomic E-state index is 12.1. The summed E-state index contributed by atoms with van der Waals surface area (Å²) in [7, 11) is 0. The van der Waals surface area contributed by atoms with Gasteiger partial charge in [-0.05, 0) is 66.5 Å². The van der Waals surface area contributed by atoms with E-state index in [0.717, 1.165) is 21.9 Å². The SMILES string of the molecule is O=c1oc2cc(I)ccc2n1CC1CCC2(CCCC2)O1. The van der Waals surface area contributed by atoms with E-state index in [1.165, 1.54) is 25.7 Å². The van der Waals surface area contributed by atoms with Gasteiger partial charge in [0.05, 0.1) is 23.8 Å². The molecule has 5 heteroatoms. The Kier molecular flexibility index (Phi) is 3.37. The molecule has 0 radical (unpaired) electrons. The number of fused-ring (bicyclic) bond motifs is 1. The van der Waals surface area contributed by atoms with Crippen molar-refractivity contribution in [2.75, 3.05) is 0 Å². The van der Waals surface area contributed by atoms with Crippen molar-refractivity contribution >= 4 is 33.7 Å². The van der Waals surface area contributed by atoms with E-state index in [9.17, 15) is 4.79 Å². The number of oxazole rings is 1.